The highest BCUT2D eigenvalue weighted by molar-refractivity contribution is 7.13. The summed E-state index contributed by atoms with van der Waals surface area (Å²) in [7, 11) is 3.29. The Balaban J connectivity index is 2.49. The number of amides is 2. The first-order valence-corrected chi connectivity index (χ1v) is 5.79. The molecule has 0 aliphatic carbocycles. The van der Waals surface area contributed by atoms with Crippen LogP contribution in [0.3, 0.4) is 0 Å². The van der Waals surface area contributed by atoms with Gasteiger partial charge in [0.2, 0.25) is 5.91 Å². The summed E-state index contributed by atoms with van der Waals surface area (Å²) in [6.07, 6.45) is 2.55. The zero-order valence-corrected chi connectivity index (χ0v) is 10.4. The Bertz CT molecular complexity index is 387. The van der Waals surface area contributed by atoms with Crippen LogP contribution in [0.1, 0.15) is 21.6 Å². The SMILES string of the molecule is CCc1cnc(C(=O)NCC(=O)N(C)C)s1. The molecule has 0 aromatic carbocycles. The predicted molar refractivity (Wildman–Crippen MR) is 62.5 cm³/mol. The molecule has 1 rings (SSSR count). The van der Waals surface area contributed by atoms with Crippen LogP contribution in [0.2, 0.25) is 0 Å². The van der Waals surface area contributed by atoms with Gasteiger partial charge in [0.15, 0.2) is 5.01 Å². The molecule has 0 bridgehead atoms. The summed E-state index contributed by atoms with van der Waals surface area (Å²) < 4.78 is 0. The van der Waals surface area contributed by atoms with Gasteiger partial charge < -0.3 is 10.2 Å². The maximum absolute atomic E-state index is 11.6. The van der Waals surface area contributed by atoms with Crippen LogP contribution in [0, 0.1) is 0 Å². The van der Waals surface area contributed by atoms with E-state index in [1.165, 1.54) is 16.2 Å². The molecule has 6 heteroatoms. The number of nitrogens with zero attached hydrogens (tertiary/aromatic N) is 2. The van der Waals surface area contributed by atoms with Crippen molar-refractivity contribution in [3.63, 3.8) is 0 Å². The van der Waals surface area contributed by atoms with Gasteiger partial charge in [0.1, 0.15) is 0 Å². The first kappa shape index (κ1) is 12.6. The Morgan fingerprint density at radius 1 is 1.50 bits per heavy atom. The quantitative estimate of drug-likeness (QED) is 0.836. The molecule has 1 N–H and O–H groups in total. The number of hydrogen-bond donors (Lipinski definition) is 1. The smallest absolute Gasteiger partial charge is 0.280 e. The molecule has 2 amide bonds. The highest BCUT2D eigenvalue weighted by Crippen LogP contribution is 2.12. The molecule has 0 unspecified atom stereocenters. The van der Waals surface area contributed by atoms with E-state index in [9.17, 15) is 9.59 Å². The van der Waals surface area contributed by atoms with Crippen LogP contribution < -0.4 is 5.32 Å². The van der Waals surface area contributed by atoms with Gasteiger partial charge in [-0.1, -0.05) is 6.92 Å². The van der Waals surface area contributed by atoms with Gasteiger partial charge in [-0.2, -0.15) is 0 Å². The van der Waals surface area contributed by atoms with Gasteiger partial charge in [0, 0.05) is 25.2 Å². The molecule has 0 aliphatic rings. The van der Waals surface area contributed by atoms with E-state index in [0.717, 1.165) is 11.3 Å². The summed E-state index contributed by atoms with van der Waals surface area (Å²) in [6.45, 7) is 2.01. The molecule has 0 aliphatic heterocycles. The monoisotopic (exact) mass is 241 g/mol. The molecular formula is C10H15N3O2S. The molecule has 5 nitrogen and oxygen atoms in total. The van der Waals surface area contributed by atoms with Gasteiger partial charge >= 0.3 is 0 Å². The van der Waals surface area contributed by atoms with Gasteiger partial charge in [0.25, 0.3) is 5.91 Å². The molecule has 1 heterocycles. The molecule has 1 aromatic heterocycles. The summed E-state index contributed by atoms with van der Waals surface area (Å²) >= 11 is 1.35. The highest BCUT2D eigenvalue weighted by Gasteiger charge is 2.12. The lowest BCUT2D eigenvalue weighted by atomic mass is 10.4. The Kier molecular flexibility index (Phi) is 4.42. The Labute approximate surface area is 98.5 Å². The van der Waals surface area contributed by atoms with Gasteiger partial charge in [-0.25, -0.2) is 4.98 Å². The average Bonchev–Trinajstić information content (AvgIpc) is 2.73. The van der Waals surface area contributed by atoms with Gasteiger partial charge in [-0.3, -0.25) is 9.59 Å². The zero-order valence-electron chi connectivity index (χ0n) is 9.61. The zero-order chi connectivity index (χ0) is 12.1. The van der Waals surface area contributed by atoms with Crippen molar-refractivity contribution in [2.75, 3.05) is 20.6 Å². The van der Waals surface area contributed by atoms with Crippen molar-refractivity contribution >= 4 is 23.2 Å². The highest BCUT2D eigenvalue weighted by atomic mass is 32.1. The van der Waals surface area contributed by atoms with E-state index < -0.39 is 0 Å². The summed E-state index contributed by atoms with van der Waals surface area (Å²) in [5, 5.41) is 2.94. The summed E-state index contributed by atoms with van der Waals surface area (Å²) in [4.78, 5) is 29.3. The number of carbonyl (C=O) groups is 2. The summed E-state index contributed by atoms with van der Waals surface area (Å²) in [5.74, 6) is -0.430. The second-order valence-electron chi connectivity index (χ2n) is 3.46. The van der Waals surface area contributed by atoms with E-state index in [0.29, 0.717) is 5.01 Å². The van der Waals surface area contributed by atoms with Crippen LogP contribution in [-0.2, 0) is 11.2 Å². The van der Waals surface area contributed by atoms with Crippen molar-refractivity contribution in [1.82, 2.24) is 15.2 Å². The third kappa shape index (κ3) is 3.30. The van der Waals surface area contributed by atoms with Crippen molar-refractivity contribution in [3.05, 3.63) is 16.1 Å². The van der Waals surface area contributed by atoms with Crippen molar-refractivity contribution in [2.45, 2.75) is 13.3 Å². The lowest BCUT2D eigenvalue weighted by molar-refractivity contribution is -0.127. The number of likely N-dealkylation sites (N-methyl/N-ethyl adjacent to an activating group) is 1. The summed E-state index contributed by atoms with van der Waals surface area (Å²) in [5.41, 5.74) is 0. The summed E-state index contributed by atoms with van der Waals surface area (Å²) in [6, 6.07) is 0. The average molecular weight is 241 g/mol. The van der Waals surface area contributed by atoms with E-state index in [1.54, 1.807) is 20.3 Å². The molecule has 0 fully saturated rings. The number of nitrogens with one attached hydrogen (secondary N) is 1. The van der Waals surface area contributed by atoms with Gasteiger partial charge in [0.05, 0.1) is 6.54 Å². The topological polar surface area (TPSA) is 62.3 Å². The molecule has 88 valence electrons. The van der Waals surface area contributed by atoms with Crippen LogP contribution in [0.4, 0.5) is 0 Å². The minimum atomic E-state index is -0.292. The minimum absolute atomic E-state index is 0.00682. The predicted octanol–water partition coefficient (Wildman–Crippen LogP) is 0.523. The fourth-order valence-corrected chi connectivity index (χ4v) is 1.73. The fraction of sp³-hybridized carbons (Fsp3) is 0.500. The second-order valence-corrected chi connectivity index (χ2v) is 4.57. The van der Waals surface area contributed by atoms with E-state index in [2.05, 4.69) is 10.3 Å². The Morgan fingerprint density at radius 2 is 2.19 bits per heavy atom. The first-order chi connectivity index (χ1) is 7.54. The molecular weight excluding hydrogens is 226 g/mol. The van der Waals surface area contributed by atoms with Crippen molar-refractivity contribution in [2.24, 2.45) is 0 Å². The fourth-order valence-electron chi connectivity index (χ4n) is 0.966. The first-order valence-electron chi connectivity index (χ1n) is 4.97. The Morgan fingerprint density at radius 3 is 2.69 bits per heavy atom. The second kappa shape index (κ2) is 5.60. The number of aryl methyl sites for hydroxylation is 1. The van der Waals surface area contributed by atoms with Crippen molar-refractivity contribution in [3.8, 4) is 0 Å². The van der Waals surface area contributed by atoms with E-state index in [-0.39, 0.29) is 18.4 Å². The molecule has 0 saturated carbocycles. The normalized spacial score (nSPS) is 9.94. The number of hydrogen-bond acceptors (Lipinski definition) is 4. The van der Waals surface area contributed by atoms with Crippen LogP contribution in [0.5, 0.6) is 0 Å². The maximum atomic E-state index is 11.6. The number of rotatable bonds is 4. The molecule has 0 atom stereocenters. The molecule has 0 radical (unpaired) electrons. The van der Waals surface area contributed by atoms with Crippen LogP contribution in [0.15, 0.2) is 6.20 Å². The third-order valence-corrected chi connectivity index (χ3v) is 3.14. The van der Waals surface area contributed by atoms with Crippen LogP contribution >= 0.6 is 11.3 Å². The molecule has 16 heavy (non-hydrogen) atoms. The lowest BCUT2D eigenvalue weighted by Gasteiger charge is -2.09. The van der Waals surface area contributed by atoms with Gasteiger partial charge in [-0.15, -0.1) is 11.3 Å². The Hall–Kier alpha value is -1.43. The molecule has 0 saturated heterocycles. The van der Waals surface area contributed by atoms with E-state index in [1.807, 2.05) is 6.92 Å². The third-order valence-electron chi connectivity index (χ3n) is 2.00. The van der Waals surface area contributed by atoms with E-state index >= 15 is 0 Å². The lowest BCUT2D eigenvalue weighted by Crippen LogP contribution is -2.36. The minimum Gasteiger partial charge on any atom is -0.347 e. The van der Waals surface area contributed by atoms with Gasteiger partial charge in [-0.05, 0) is 6.42 Å². The molecule has 0 spiro atoms. The van der Waals surface area contributed by atoms with Crippen molar-refractivity contribution < 1.29 is 9.59 Å². The standard InChI is InChI=1S/C10H15N3O2S/c1-4-7-5-12-10(16-7)9(15)11-6-8(14)13(2)3/h5H,4,6H2,1-3H3,(H,11,15). The van der Waals surface area contributed by atoms with Crippen LogP contribution in [0.25, 0.3) is 0 Å². The number of thiazole rings is 1. The number of carbonyl (C=O) groups excluding carboxylic acids is 2. The van der Waals surface area contributed by atoms with Crippen LogP contribution in [-0.4, -0.2) is 42.3 Å². The number of aromatic nitrogens is 1. The van der Waals surface area contributed by atoms with Crippen molar-refractivity contribution in [1.29, 1.82) is 0 Å². The maximum Gasteiger partial charge on any atom is 0.280 e. The van der Waals surface area contributed by atoms with E-state index in [4.69, 9.17) is 0 Å². The molecule has 1 aromatic rings. The largest absolute Gasteiger partial charge is 0.347 e.